The summed E-state index contributed by atoms with van der Waals surface area (Å²) in [7, 11) is -1.91. The number of nitrogens with zero attached hydrogens (tertiary/aromatic N) is 1. The maximum absolute atomic E-state index is 12.8. The molecule has 1 N–H and O–H groups in total. The lowest BCUT2D eigenvalue weighted by Crippen LogP contribution is -2.58. The van der Waals surface area contributed by atoms with Gasteiger partial charge in [0.25, 0.3) is 5.91 Å². The van der Waals surface area contributed by atoms with E-state index in [0.717, 1.165) is 6.26 Å². The summed E-state index contributed by atoms with van der Waals surface area (Å²) in [6.07, 6.45) is 1.12. The minimum absolute atomic E-state index is 0.117. The highest BCUT2D eigenvalue weighted by atomic mass is 32.2. The van der Waals surface area contributed by atoms with Crippen LogP contribution in [-0.4, -0.2) is 57.8 Å². The van der Waals surface area contributed by atoms with E-state index in [1.165, 1.54) is 25.3 Å². The molecule has 1 aliphatic heterocycles. The Bertz CT molecular complexity index is 683. The molecule has 122 valence electrons. The van der Waals surface area contributed by atoms with Crippen molar-refractivity contribution in [1.82, 2.24) is 10.2 Å². The summed E-state index contributed by atoms with van der Waals surface area (Å²) in [6.45, 7) is 5.88. The fourth-order valence-corrected chi connectivity index (χ4v) is 3.22. The second kappa shape index (κ2) is 5.89. The third-order valence-electron chi connectivity index (χ3n) is 3.69. The number of hydrogen-bond acceptors (Lipinski definition) is 5. The number of methoxy groups -OCH3 is 1. The van der Waals surface area contributed by atoms with Gasteiger partial charge in [-0.25, -0.2) is 8.42 Å². The summed E-state index contributed by atoms with van der Waals surface area (Å²) in [5.41, 5.74) is 0.110. The molecule has 0 atom stereocenters. The first-order valence-corrected chi connectivity index (χ1v) is 8.95. The van der Waals surface area contributed by atoms with Crippen molar-refractivity contribution in [2.75, 3.05) is 33.0 Å². The first-order valence-electron chi connectivity index (χ1n) is 7.06. The van der Waals surface area contributed by atoms with Crippen LogP contribution in [0.4, 0.5) is 0 Å². The molecule has 0 radical (unpaired) electrons. The Balaban J connectivity index is 2.39. The van der Waals surface area contributed by atoms with E-state index in [-0.39, 0.29) is 21.9 Å². The van der Waals surface area contributed by atoms with E-state index in [4.69, 9.17) is 4.74 Å². The van der Waals surface area contributed by atoms with Gasteiger partial charge in [0.05, 0.1) is 17.6 Å². The summed E-state index contributed by atoms with van der Waals surface area (Å²) in [6, 6.07) is 4.37. The number of rotatable bonds is 3. The van der Waals surface area contributed by atoms with E-state index < -0.39 is 9.84 Å². The van der Waals surface area contributed by atoms with Crippen LogP contribution in [0.25, 0.3) is 0 Å². The normalized spacial score (nSPS) is 18.1. The van der Waals surface area contributed by atoms with E-state index in [1.807, 2.05) is 13.8 Å². The number of sulfone groups is 1. The second-order valence-corrected chi connectivity index (χ2v) is 8.19. The predicted molar refractivity (Wildman–Crippen MR) is 84.1 cm³/mol. The van der Waals surface area contributed by atoms with Crippen LogP contribution in [0.15, 0.2) is 23.1 Å². The fraction of sp³-hybridized carbons (Fsp3) is 0.533. The lowest BCUT2D eigenvalue weighted by atomic mass is 10.0. The Morgan fingerprint density at radius 2 is 2.05 bits per heavy atom. The summed E-state index contributed by atoms with van der Waals surface area (Å²) in [5, 5.41) is 3.34. The molecule has 2 rings (SSSR count). The Kier molecular flexibility index (Phi) is 4.49. The molecule has 1 aromatic rings. The van der Waals surface area contributed by atoms with Gasteiger partial charge in [0.15, 0.2) is 9.84 Å². The highest BCUT2D eigenvalue weighted by Gasteiger charge is 2.30. The van der Waals surface area contributed by atoms with Crippen molar-refractivity contribution in [1.29, 1.82) is 0 Å². The van der Waals surface area contributed by atoms with E-state index in [9.17, 15) is 13.2 Å². The van der Waals surface area contributed by atoms with Crippen LogP contribution in [0.3, 0.4) is 0 Å². The predicted octanol–water partition coefficient (Wildman–Crippen LogP) is 0.923. The number of nitrogens with one attached hydrogen (secondary N) is 1. The van der Waals surface area contributed by atoms with Crippen molar-refractivity contribution >= 4 is 15.7 Å². The number of piperazine rings is 1. The van der Waals surface area contributed by atoms with E-state index in [1.54, 1.807) is 4.90 Å². The lowest BCUT2D eigenvalue weighted by molar-refractivity contribution is 0.0648. The van der Waals surface area contributed by atoms with Crippen molar-refractivity contribution in [2.45, 2.75) is 24.3 Å². The van der Waals surface area contributed by atoms with Crippen LogP contribution in [0, 0.1) is 0 Å². The van der Waals surface area contributed by atoms with Crippen LogP contribution in [0.5, 0.6) is 5.75 Å². The average Bonchev–Trinajstić information content (AvgIpc) is 2.43. The molecule has 1 aliphatic rings. The molecule has 1 heterocycles. The summed E-state index contributed by atoms with van der Waals surface area (Å²) >= 11 is 0. The van der Waals surface area contributed by atoms with Gasteiger partial charge in [-0.05, 0) is 32.0 Å². The molecule has 1 saturated heterocycles. The van der Waals surface area contributed by atoms with Crippen molar-refractivity contribution < 1.29 is 17.9 Å². The number of carbonyl (C=O) groups is 1. The van der Waals surface area contributed by atoms with Gasteiger partial charge in [0.2, 0.25) is 0 Å². The summed E-state index contributed by atoms with van der Waals surface area (Å²) < 4.78 is 28.6. The van der Waals surface area contributed by atoms with E-state index >= 15 is 0 Å². The number of benzene rings is 1. The molecule has 0 saturated carbocycles. The van der Waals surface area contributed by atoms with Crippen LogP contribution >= 0.6 is 0 Å². The Labute approximate surface area is 131 Å². The van der Waals surface area contributed by atoms with E-state index in [2.05, 4.69) is 5.32 Å². The van der Waals surface area contributed by atoms with Gasteiger partial charge in [-0.15, -0.1) is 0 Å². The van der Waals surface area contributed by atoms with Gasteiger partial charge in [0.1, 0.15) is 5.75 Å². The molecule has 1 fully saturated rings. The molecular formula is C15H22N2O4S. The third-order valence-corrected chi connectivity index (χ3v) is 4.80. The number of hydrogen-bond donors (Lipinski definition) is 1. The molecule has 22 heavy (non-hydrogen) atoms. The molecule has 0 aromatic heterocycles. The number of carbonyl (C=O) groups excluding carboxylic acids is 1. The topological polar surface area (TPSA) is 75.7 Å². The fourth-order valence-electron chi connectivity index (χ4n) is 2.57. The molecule has 6 nitrogen and oxygen atoms in total. The van der Waals surface area contributed by atoms with Crippen molar-refractivity contribution in [3.63, 3.8) is 0 Å². The SMILES string of the molecule is COc1ccc(S(C)(=O)=O)cc1C(=O)N1CCNC(C)(C)C1. The van der Waals surface area contributed by atoms with Gasteiger partial charge in [-0.1, -0.05) is 0 Å². The first kappa shape index (κ1) is 16.8. The van der Waals surface area contributed by atoms with E-state index in [0.29, 0.717) is 25.4 Å². The van der Waals surface area contributed by atoms with Gasteiger partial charge in [0, 0.05) is 31.4 Å². The number of ether oxygens (including phenoxy) is 1. The largest absolute Gasteiger partial charge is 0.496 e. The minimum Gasteiger partial charge on any atom is -0.496 e. The minimum atomic E-state index is -3.38. The molecule has 0 aliphatic carbocycles. The Morgan fingerprint density at radius 3 is 2.59 bits per heavy atom. The zero-order valence-corrected chi connectivity index (χ0v) is 14.2. The van der Waals surface area contributed by atoms with Gasteiger partial charge in [-0.3, -0.25) is 4.79 Å². The highest BCUT2D eigenvalue weighted by molar-refractivity contribution is 7.90. The van der Waals surface area contributed by atoms with Crippen LogP contribution in [0.2, 0.25) is 0 Å². The smallest absolute Gasteiger partial charge is 0.257 e. The van der Waals surface area contributed by atoms with Gasteiger partial charge >= 0.3 is 0 Å². The van der Waals surface area contributed by atoms with Crippen LogP contribution in [0.1, 0.15) is 24.2 Å². The third kappa shape index (κ3) is 3.59. The van der Waals surface area contributed by atoms with Crippen molar-refractivity contribution in [3.05, 3.63) is 23.8 Å². The molecular weight excluding hydrogens is 304 g/mol. The maximum Gasteiger partial charge on any atom is 0.257 e. The monoisotopic (exact) mass is 326 g/mol. The molecule has 7 heteroatoms. The lowest BCUT2D eigenvalue weighted by Gasteiger charge is -2.39. The zero-order chi connectivity index (χ0) is 16.5. The Hall–Kier alpha value is -1.60. The maximum atomic E-state index is 12.8. The Morgan fingerprint density at radius 1 is 1.36 bits per heavy atom. The molecule has 0 bridgehead atoms. The quantitative estimate of drug-likeness (QED) is 0.894. The molecule has 0 unspecified atom stereocenters. The summed E-state index contributed by atoms with van der Waals surface area (Å²) in [4.78, 5) is 14.6. The molecule has 0 spiro atoms. The second-order valence-electron chi connectivity index (χ2n) is 6.17. The van der Waals surface area contributed by atoms with Gasteiger partial charge < -0.3 is 15.0 Å². The zero-order valence-electron chi connectivity index (χ0n) is 13.3. The first-order chi connectivity index (χ1) is 10.1. The molecule has 1 amide bonds. The number of amides is 1. The van der Waals surface area contributed by atoms with Crippen molar-refractivity contribution in [3.8, 4) is 5.75 Å². The molecule has 1 aromatic carbocycles. The van der Waals surface area contributed by atoms with Gasteiger partial charge in [-0.2, -0.15) is 0 Å². The highest BCUT2D eigenvalue weighted by Crippen LogP contribution is 2.25. The standard InChI is InChI=1S/C15H22N2O4S/c1-15(2)10-17(8-7-16-15)14(18)12-9-11(22(4,19)20)5-6-13(12)21-3/h5-6,9,16H,7-8,10H2,1-4H3. The average molecular weight is 326 g/mol. The van der Waals surface area contributed by atoms with Crippen molar-refractivity contribution in [2.24, 2.45) is 0 Å². The summed E-state index contributed by atoms with van der Waals surface area (Å²) in [5.74, 6) is 0.172. The van der Waals surface area contributed by atoms with Crippen LogP contribution < -0.4 is 10.1 Å². The van der Waals surface area contributed by atoms with Crippen LogP contribution in [-0.2, 0) is 9.84 Å².